The van der Waals surface area contributed by atoms with Crippen molar-refractivity contribution in [3.63, 3.8) is 0 Å². The predicted molar refractivity (Wildman–Crippen MR) is 116 cm³/mol. The fourth-order valence-corrected chi connectivity index (χ4v) is 4.32. The molecule has 0 spiro atoms. The van der Waals surface area contributed by atoms with E-state index in [0.29, 0.717) is 0 Å². The van der Waals surface area contributed by atoms with Crippen LogP contribution in [0.2, 0.25) is 0 Å². The highest BCUT2D eigenvalue weighted by atomic mass is 32.2. The molecule has 0 aromatic heterocycles. The van der Waals surface area contributed by atoms with Crippen molar-refractivity contribution in [2.24, 2.45) is 0 Å². The van der Waals surface area contributed by atoms with Crippen LogP contribution in [-0.2, 0) is 9.59 Å². The summed E-state index contributed by atoms with van der Waals surface area (Å²) < 4.78 is 0. The molecule has 0 amide bonds. The van der Waals surface area contributed by atoms with Gasteiger partial charge in [0.2, 0.25) is 10.2 Å². The number of thioether (sulfide) groups is 2. The maximum Gasteiger partial charge on any atom is 0.216 e. The van der Waals surface area contributed by atoms with Gasteiger partial charge in [-0.05, 0) is 88.3 Å². The van der Waals surface area contributed by atoms with Crippen LogP contribution in [0.15, 0.2) is 89.7 Å². The van der Waals surface area contributed by atoms with E-state index in [1.807, 2.05) is 55.5 Å². The number of aryl methyl sites for hydroxylation is 1. The van der Waals surface area contributed by atoms with Gasteiger partial charge in [0.25, 0.3) is 0 Å². The van der Waals surface area contributed by atoms with Crippen LogP contribution in [0.25, 0.3) is 21.9 Å². The molecule has 0 saturated heterocycles. The summed E-state index contributed by atoms with van der Waals surface area (Å²) in [6.07, 6.45) is 2.65. The summed E-state index contributed by atoms with van der Waals surface area (Å²) in [5.41, 5.74) is 3.29. The summed E-state index contributed by atoms with van der Waals surface area (Å²) in [6.45, 7) is 9.09. The van der Waals surface area contributed by atoms with Crippen molar-refractivity contribution in [2.45, 2.75) is 16.7 Å². The number of rotatable bonds is 5. The lowest BCUT2D eigenvalue weighted by Crippen LogP contribution is -1.90. The Morgan fingerprint density at radius 2 is 1.44 bits per heavy atom. The molecular formula is C23H18O2S2. The molecule has 0 radical (unpaired) electrons. The number of fused-ring (bicyclic) bond motifs is 1. The summed E-state index contributed by atoms with van der Waals surface area (Å²) in [6, 6.07) is 18.1. The van der Waals surface area contributed by atoms with Gasteiger partial charge in [-0.1, -0.05) is 49.6 Å². The third-order valence-corrected chi connectivity index (χ3v) is 5.94. The van der Waals surface area contributed by atoms with Crippen LogP contribution in [-0.4, -0.2) is 10.2 Å². The van der Waals surface area contributed by atoms with E-state index in [2.05, 4.69) is 19.2 Å². The minimum absolute atomic E-state index is 0.0686. The average molecular weight is 391 g/mol. The van der Waals surface area contributed by atoms with Crippen LogP contribution in [0.1, 0.15) is 5.56 Å². The van der Waals surface area contributed by atoms with Gasteiger partial charge >= 0.3 is 0 Å². The normalized spacial score (nSPS) is 10.6. The Bertz CT molecular complexity index is 1070. The fraction of sp³-hybridized carbons (Fsp3) is 0.0435. The molecule has 0 heterocycles. The summed E-state index contributed by atoms with van der Waals surface area (Å²) in [7, 11) is 0. The molecule has 0 aliphatic heterocycles. The van der Waals surface area contributed by atoms with E-state index in [4.69, 9.17) is 0 Å². The van der Waals surface area contributed by atoms with Crippen molar-refractivity contribution in [3.8, 4) is 11.1 Å². The van der Waals surface area contributed by atoms with Crippen molar-refractivity contribution < 1.29 is 9.59 Å². The molecule has 0 N–H and O–H groups in total. The molecule has 3 rings (SSSR count). The van der Waals surface area contributed by atoms with E-state index in [0.717, 1.165) is 37.3 Å². The Hall–Kier alpha value is -2.56. The largest absolute Gasteiger partial charge is 0.282 e. The Kier molecular flexibility index (Phi) is 5.99. The average Bonchev–Trinajstić information content (AvgIpc) is 2.68. The highest BCUT2D eigenvalue weighted by molar-refractivity contribution is 8.14. The van der Waals surface area contributed by atoms with E-state index in [-0.39, 0.29) is 10.2 Å². The van der Waals surface area contributed by atoms with Crippen molar-refractivity contribution in [1.29, 1.82) is 0 Å². The highest BCUT2D eigenvalue weighted by Crippen LogP contribution is 2.37. The molecular weight excluding hydrogens is 372 g/mol. The summed E-state index contributed by atoms with van der Waals surface area (Å²) in [5.74, 6) is 0. The van der Waals surface area contributed by atoms with E-state index >= 15 is 0 Å². The zero-order chi connectivity index (χ0) is 19.4. The first-order chi connectivity index (χ1) is 13.0. The molecule has 3 aromatic carbocycles. The highest BCUT2D eigenvalue weighted by Gasteiger charge is 2.12. The number of hydrogen-bond donors (Lipinski definition) is 0. The Balaban J connectivity index is 2.08. The molecule has 0 bridgehead atoms. The molecule has 0 saturated carbocycles. The zero-order valence-corrected chi connectivity index (χ0v) is 16.5. The molecule has 0 aliphatic carbocycles. The van der Waals surface area contributed by atoms with E-state index in [1.54, 1.807) is 0 Å². The summed E-state index contributed by atoms with van der Waals surface area (Å²) >= 11 is 2.36. The molecule has 0 atom stereocenters. The van der Waals surface area contributed by atoms with Gasteiger partial charge in [0.15, 0.2) is 0 Å². The van der Waals surface area contributed by atoms with Crippen molar-refractivity contribution in [1.82, 2.24) is 0 Å². The monoisotopic (exact) mass is 390 g/mol. The second-order valence-corrected chi connectivity index (χ2v) is 8.01. The quantitative estimate of drug-likeness (QED) is 0.372. The van der Waals surface area contributed by atoms with Crippen LogP contribution in [0.3, 0.4) is 0 Å². The van der Waals surface area contributed by atoms with Gasteiger partial charge in [-0.15, -0.1) is 0 Å². The van der Waals surface area contributed by atoms with Crippen LogP contribution in [0.5, 0.6) is 0 Å². The van der Waals surface area contributed by atoms with Gasteiger partial charge < -0.3 is 0 Å². The smallest absolute Gasteiger partial charge is 0.216 e. The minimum Gasteiger partial charge on any atom is -0.282 e. The number of benzene rings is 3. The first-order valence-corrected chi connectivity index (χ1v) is 9.98. The van der Waals surface area contributed by atoms with E-state index in [9.17, 15) is 9.59 Å². The summed E-state index contributed by atoms with van der Waals surface area (Å²) in [4.78, 5) is 25.2. The standard InChI is InChI=1S/C23H18O2S2/c1-4-22(24)26-16-10-11-17(15(3)14-16)19-12-13-21(27-23(25)5-2)20-9-7-6-8-18(19)20/h4-14H,1-2H2,3H3. The second kappa shape index (κ2) is 8.42. The number of hydrogen-bond acceptors (Lipinski definition) is 4. The topological polar surface area (TPSA) is 34.1 Å². The van der Waals surface area contributed by atoms with Gasteiger partial charge in [0.05, 0.1) is 0 Å². The molecule has 0 unspecified atom stereocenters. The number of carbonyl (C=O) groups is 2. The first kappa shape index (κ1) is 19.2. The third-order valence-electron chi connectivity index (χ3n) is 4.13. The molecule has 0 aliphatic rings. The van der Waals surface area contributed by atoms with E-state index in [1.165, 1.54) is 35.7 Å². The lowest BCUT2D eigenvalue weighted by Gasteiger charge is -2.13. The lowest BCUT2D eigenvalue weighted by molar-refractivity contribution is -0.107. The number of carbonyl (C=O) groups excluding carboxylic acids is 2. The molecule has 134 valence electrons. The van der Waals surface area contributed by atoms with Gasteiger partial charge in [-0.3, -0.25) is 9.59 Å². The van der Waals surface area contributed by atoms with Crippen molar-refractivity contribution in [3.05, 3.63) is 85.5 Å². The Morgan fingerprint density at radius 1 is 0.815 bits per heavy atom. The molecule has 2 nitrogen and oxygen atoms in total. The maximum absolute atomic E-state index is 11.8. The fourth-order valence-electron chi connectivity index (χ4n) is 2.90. The molecule has 0 fully saturated rings. The van der Waals surface area contributed by atoms with Crippen LogP contribution < -0.4 is 0 Å². The van der Waals surface area contributed by atoms with Gasteiger partial charge in [0, 0.05) is 9.79 Å². The van der Waals surface area contributed by atoms with Crippen molar-refractivity contribution >= 4 is 44.5 Å². The maximum atomic E-state index is 11.8. The molecule has 4 heteroatoms. The Morgan fingerprint density at radius 3 is 2.11 bits per heavy atom. The predicted octanol–water partition coefficient (Wildman–Crippen LogP) is 6.42. The van der Waals surface area contributed by atoms with Gasteiger partial charge in [0.1, 0.15) is 0 Å². The second-order valence-electron chi connectivity index (χ2n) is 5.88. The molecule has 3 aromatic rings. The van der Waals surface area contributed by atoms with Crippen LogP contribution in [0.4, 0.5) is 0 Å². The van der Waals surface area contributed by atoms with Gasteiger partial charge in [-0.2, -0.15) is 0 Å². The van der Waals surface area contributed by atoms with Crippen molar-refractivity contribution in [2.75, 3.05) is 0 Å². The van der Waals surface area contributed by atoms with Gasteiger partial charge in [-0.25, -0.2) is 0 Å². The molecule has 27 heavy (non-hydrogen) atoms. The zero-order valence-electron chi connectivity index (χ0n) is 14.9. The third kappa shape index (κ3) is 4.24. The SMILES string of the molecule is C=CC(=O)Sc1ccc(-c2ccc(SC(=O)C=C)c3ccccc23)c(C)c1. The van der Waals surface area contributed by atoms with Crippen LogP contribution in [0, 0.1) is 6.92 Å². The lowest BCUT2D eigenvalue weighted by atomic mass is 9.95. The first-order valence-electron chi connectivity index (χ1n) is 8.34. The van der Waals surface area contributed by atoms with E-state index < -0.39 is 0 Å². The minimum atomic E-state index is -0.0719. The van der Waals surface area contributed by atoms with Crippen LogP contribution >= 0.6 is 23.5 Å². The Labute approximate surface area is 167 Å². The summed E-state index contributed by atoms with van der Waals surface area (Å²) in [5, 5.41) is 1.98.